The van der Waals surface area contributed by atoms with Crippen LogP contribution in [-0.2, 0) is 14.3 Å². The Hall–Kier alpha value is -3.62. The van der Waals surface area contributed by atoms with Crippen LogP contribution in [-0.4, -0.2) is 44.0 Å². The normalized spacial score (nSPS) is 10.2. The van der Waals surface area contributed by atoms with E-state index in [1.54, 1.807) is 25.1 Å². The number of carbonyl (C=O) groups is 4. The second-order valence-corrected chi connectivity index (χ2v) is 5.84. The van der Waals surface area contributed by atoms with Gasteiger partial charge in [-0.15, -0.1) is 0 Å². The third-order valence-electron chi connectivity index (χ3n) is 3.83. The maximum Gasteiger partial charge on any atom is 0.344 e. The van der Waals surface area contributed by atoms with E-state index in [1.165, 1.54) is 27.0 Å². The molecule has 0 atom stereocenters. The second-order valence-electron chi connectivity index (χ2n) is 5.84. The summed E-state index contributed by atoms with van der Waals surface area (Å²) in [7, 11) is 1.40. The standard InChI is InChI=1S/C20H21NO8/c1-5-27-20(25)17-16(11(2)22)12(3)29-18(17)21-15(23)10-28-19(24)13-8-6-7-9-14(13)26-4/h6-9H,5,10H2,1-4H3,(H,21,23). The van der Waals surface area contributed by atoms with Gasteiger partial charge in [-0.25, -0.2) is 9.59 Å². The van der Waals surface area contributed by atoms with Crippen LogP contribution in [0.1, 0.15) is 50.7 Å². The number of furan rings is 1. The molecular formula is C20H21NO8. The Morgan fingerprint density at radius 2 is 1.72 bits per heavy atom. The molecule has 0 aliphatic carbocycles. The summed E-state index contributed by atoms with van der Waals surface area (Å²) in [5, 5.41) is 2.33. The number of benzene rings is 1. The molecule has 2 aromatic rings. The zero-order valence-corrected chi connectivity index (χ0v) is 16.5. The van der Waals surface area contributed by atoms with Crippen molar-refractivity contribution in [1.82, 2.24) is 0 Å². The lowest BCUT2D eigenvalue weighted by atomic mass is 10.1. The molecule has 1 N–H and O–H groups in total. The number of hydrogen-bond acceptors (Lipinski definition) is 8. The molecule has 154 valence electrons. The number of para-hydroxylation sites is 1. The van der Waals surface area contributed by atoms with E-state index in [0.717, 1.165) is 0 Å². The topological polar surface area (TPSA) is 121 Å². The average Bonchev–Trinajstić information content (AvgIpc) is 3.02. The van der Waals surface area contributed by atoms with Crippen molar-refractivity contribution >= 4 is 29.5 Å². The lowest BCUT2D eigenvalue weighted by Crippen LogP contribution is -2.22. The number of nitrogens with one attached hydrogen (secondary N) is 1. The molecule has 2 rings (SSSR count). The van der Waals surface area contributed by atoms with E-state index >= 15 is 0 Å². The Morgan fingerprint density at radius 3 is 2.34 bits per heavy atom. The van der Waals surface area contributed by atoms with E-state index in [2.05, 4.69) is 5.32 Å². The molecule has 29 heavy (non-hydrogen) atoms. The summed E-state index contributed by atoms with van der Waals surface area (Å²) >= 11 is 0. The van der Waals surface area contributed by atoms with E-state index in [0.29, 0.717) is 5.75 Å². The third-order valence-corrected chi connectivity index (χ3v) is 3.83. The molecule has 0 saturated carbocycles. The van der Waals surface area contributed by atoms with Gasteiger partial charge in [-0.1, -0.05) is 12.1 Å². The van der Waals surface area contributed by atoms with Crippen molar-refractivity contribution < 1.29 is 37.8 Å². The summed E-state index contributed by atoms with van der Waals surface area (Å²) in [6.07, 6.45) is 0. The molecule has 1 aromatic heterocycles. The number of Topliss-reactive ketones (excluding diaryl/α,β-unsaturated/α-hetero) is 1. The largest absolute Gasteiger partial charge is 0.496 e. The van der Waals surface area contributed by atoms with Crippen molar-refractivity contribution in [1.29, 1.82) is 0 Å². The van der Waals surface area contributed by atoms with Crippen LogP contribution in [0.25, 0.3) is 0 Å². The molecule has 9 nitrogen and oxygen atoms in total. The van der Waals surface area contributed by atoms with Gasteiger partial charge in [0.1, 0.15) is 22.6 Å². The highest BCUT2D eigenvalue weighted by Crippen LogP contribution is 2.28. The number of carbonyl (C=O) groups excluding carboxylic acids is 4. The number of anilines is 1. The van der Waals surface area contributed by atoms with E-state index in [9.17, 15) is 19.2 Å². The summed E-state index contributed by atoms with van der Waals surface area (Å²) in [6, 6.07) is 6.38. The molecule has 0 unspecified atom stereocenters. The van der Waals surface area contributed by atoms with Gasteiger partial charge in [0.05, 0.1) is 19.3 Å². The summed E-state index contributed by atoms with van der Waals surface area (Å²) in [4.78, 5) is 48.5. The van der Waals surface area contributed by atoms with E-state index < -0.39 is 30.2 Å². The second kappa shape index (κ2) is 9.54. The van der Waals surface area contributed by atoms with Gasteiger partial charge in [0, 0.05) is 0 Å². The third kappa shape index (κ3) is 5.01. The highest BCUT2D eigenvalue weighted by atomic mass is 16.5. The average molecular weight is 403 g/mol. The number of hydrogen-bond donors (Lipinski definition) is 1. The first-order valence-electron chi connectivity index (χ1n) is 8.71. The first-order chi connectivity index (χ1) is 13.8. The Morgan fingerprint density at radius 1 is 1.03 bits per heavy atom. The fourth-order valence-electron chi connectivity index (χ4n) is 2.64. The van der Waals surface area contributed by atoms with Gasteiger partial charge in [-0.05, 0) is 32.9 Å². The maximum absolute atomic E-state index is 12.2. The summed E-state index contributed by atoms with van der Waals surface area (Å²) < 4.78 is 20.3. The van der Waals surface area contributed by atoms with Crippen molar-refractivity contribution in [3.05, 3.63) is 46.7 Å². The highest BCUT2D eigenvalue weighted by Gasteiger charge is 2.29. The highest BCUT2D eigenvalue weighted by molar-refractivity contribution is 6.10. The van der Waals surface area contributed by atoms with Crippen LogP contribution in [0.15, 0.2) is 28.7 Å². The fraction of sp³-hybridized carbons (Fsp3) is 0.300. The number of aryl methyl sites for hydroxylation is 1. The Labute approximate surface area is 166 Å². The zero-order valence-electron chi connectivity index (χ0n) is 16.5. The molecule has 0 fully saturated rings. The smallest absolute Gasteiger partial charge is 0.344 e. The minimum atomic E-state index is -0.809. The van der Waals surface area contributed by atoms with Crippen LogP contribution in [0.2, 0.25) is 0 Å². The van der Waals surface area contributed by atoms with Gasteiger partial charge in [-0.2, -0.15) is 0 Å². The van der Waals surface area contributed by atoms with Gasteiger partial charge in [0.2, 0.25) is 5.88 Å². The van der Waals surface area contributed by atoms with Crippen molar-refractivity contribution in [3.63, 3.8) is 0 Å². The van der Waals surface area contributed by atoms with E-state index in [-0.39, 0.29) is 34.9 Å². The predicted octanol–water partition coefficient (Wildman–Crippen LogP) is 2.77. The lowest BCUT2D eigenvalue weighted by molar-refractivity contribution is -0.119. The van der Waals surface area contributed by atoms with E-state index in [4.69, 9.17) is 18.6 Å². The number of methoxy groups -OCH3 is 1. The minimum absolute atomic E-state index is 0.0183. The molecule has 0 spiro atoms. The first kappa shape index (κ1) is 21.7. The SMILES string of the molecule is CCOC(=O)c1c(NC(=O)COC(=O)c2ccccc2OC)oc(C)c1C(C)=O. The molecule has 1 heterocycles. The van der Waals surface area contributed by atoms with Gasteiger partial charge >= 0.3 is 11.9 Å². The molecule has 1 amide bonds. The summed E-state index contributed by atoms with van der Waals surface area (Å²) in [5.74, 6) is -2.54. The lowest BCUT2D eigenvalue weighted by Gasteiger charge is -2.09. The molecule has 0 aliphatic heterocycles. The molecule has 0 saturated heterocycles. The number of ketones is 1. The van der Waals surface area contributed by atoms with Gasteiger partial charge in [0.15, 0.2) is 12.4 Å². The van der Waals surface area contributed by atoms with Crippen LogP contribution >= 0.6 is 0 Å². The van der Waals surface area contributed by atoms with E-state index in [1.807, 2.05) is 0 Å². The van der Waals surface area contributed by atoms with Crippen LogP contribution in [0.4, 0.5) is 5.88 Å². The van der Waals surface area contributed by atoms with Gasteiger partial charge in [0.25, 0.3) is 5.91 Å². The zero-order chi connectivity index (χ0) is 21.6. The van der Waals surface area contributed by atoms with Crippen LogP contribution in [0.3, 0.4) is 0 Å². The summed E-state index contributed by atoms with van der Waals surface area (Å²) in [5.41, 5.74) is -0.00579. The van der Waals surface area contributed by atoms with Crippen molar-refractivity contribution in [2.24, 2.45) is 0 Å². The molecular weight excluding hydrogens is 382 g/mol. The van der Waals surface area contributed by atoms with Crippen molar-refractivity contribution in [2.75, 3.05) is 25.6 Å². The molecule has 9 heteroatoms. The molecule has 1 aromatic carbocycles. The van der Waals surface area contributed by atoms with Gasteiger partial charge in [-0.3, -0.25) is 14.9 Å². The molecule has 0 radical (unpaired) electrons. The molecule has 0 bridgehead atoms. The fourth-order valence-corrected chi connectivity index (χ4v) is 2.64. The van der Waals surface area contributed by atoms with Crippen LogP contribution < -0.4 is 10.1 Å². The first-order valence-corrected chi connectivity index (χ1v) is 8.71. The Kier molecular flexibility index (Phi) is 7.13. The number of ether oxygens (including phenoxy) is 3. The monoisotopic (exact) mass is 403 g/mol. The number of esters is 2. The Bertz CT molecular complexity index is 944. The quantitative estimate of drug-likeness (QED) is 0.527. The van der Waals surface area contributed by atoms with Crippen LogP contribution in [0, 0.1) is 6.92 Å². The van der Waals surface area contributed by atoms with Gasteiger partial charge < -0.3 is 18.6 Å². The number of amides is 1. The predicted molar refractivity (Wildman–Crippen MR) is 101 cm³/mol. The number of rotatable bonds is 8. The Balaban J connectivity index is 2.14. The molecule has 0 aliphatic rings. The van der Waals surface area contributed by atoms with Crippen molar-refractivity contribution in [3.8, 4) is 5.75 Å². The van der Waals surface area contributed by atoms with Crippen molar-refractivity contribution in [2.45, 2.75) is 20.8 Å². The summed E-state index contributed by atoms with van der Waals surface area (Å²) in [6.45, 7) is 3.78. The maximum atomic E-state index is 12.2. The van der Waals surface area contributed by atoms with Crippen LogP contribution in [0.5, 0.6) is 5.75 Å². The minimum Gasteiger partial charge on any atom is -0.496 e.